The standard InChI is InChI=1S/C23H27NO5/c1-4-5-14-28-20-12-10-19(11-13-20)23(27)24-15-21(25)29-17(3)22(26)18-8-6-16(2)7-9-18/h6-13,17H,4-5,14-15H2,1-3H3,(H,24,27)/t17-/m0/s1. The molecule has 0 radical (unpaired) electrons. The second kappa shape index (κ2) is 11.0. The van der Waals surface area contributed by atoms with Gasteiger partial charge in [0.25, 0.3) is 5.91 Å². The van der Waals surface area contributed by atoms with Crippen molar-refractivity contribution in [1.82, 2.24) is 5.32 Å². The number of ketones is 1. The maximum Gasteiger partial charge on any atom is 0.326 e. The summed E-state index contributed by atoms with van der Waals surface area (Å²) in [5, 5.41) is 2.50. The van der Waals surface area contributed by atoms with E-state index in [4.69, 9.17) is 9.47 Å². The van der Waals surface area contributed by atoms with Crippen molar-refractivity contribution in [3.8, 4) is 5.75 Å². The van der Waals surface area contributed by atoms with E-state index in [0.29, 0.717) is 23.5 Å². The first kappa shape index (κ1) is 22.1. The normalized spacial score (nSPS) is 11.4. The van der Waals surface area contributed by atoms with Gasteiger partial charge in [0, 0.05) is 11.1 Å². The van der Waals surface area contributed by atoms with Crippen LogP contribution in [-0.2, 0) is 9.53 Å². The molecule has 0 saturated heterocycles. The topological polar surface area (TPSA) is 81.7 Å². The fraction of sp³-hybridized carbons (Fsp3) is 0.348. The molecule has 0 aliphatic rings. The maximum atomic E-state index is 12.3. The summed E-state index contributed by atoms with van der Waals surface area (Å²) < 4.78 is 10.7. The largest absolute Gasteiger partial charge is 0.494 e. The summed E-state index contributed by atoms with van der Waals surface area (Å²) in [6, 6.07) is 13.7. The minimum atomic E-state index is -0.929. The number of esters is 1. The molecule has 2 aromatic rings. The number of aryl methyl sites for hydroxylation is 1. The lowest BCUT2D eigenvalue weighted by atomic mass is 10.1. The van der Waals surface area contributed by atoms with Crippen LogP contribution in [0, 0.1) is 6.92 Å². The van der Waals surface area contributed by atoms with Gasteiger partial charge in [-0.2, -0.15) is 0 Å². The van der Waals surface area contributed by atoms with Crippen LogP contribution in [0.1, 0.15) is 53.0 Å². The average Bonchev–Trinajstić information content (AvgIpc) is 2.72. The number of nitrogens with one attached hydrogen (secondary N) is 1. The van der Waals surface area contributed by atoms with Crippen LogP contribution in [0.25, 0.3) is 0 Å². The number of hydrogen-bond acceptors (Lipinski definition) is 5. The van der Waals surface area contributed by atoms with Gasteiger partial charge in [0.05, 0.1) is 6.61 Å². The van der Waals surface area contributed by atoms with E-state index in [-0.39, 0.29) is 12.3 Å². The molecular formula is C23H27NO5. The molecule has 0 aliphatic carbocycles. The van der Waals surface area contributed by atoms with E-state index in [1.807, 2.05) is 19.1 Å². The molecule has 0 aliphatic heterocycles. The zero-order valence-corrected chi connectivity index (χ0v) is 17.1. The zero-order chi connectivity index (χ0) is 21.2. The molecule has 29 heavy (non-hydrogen) atoms. The summed E-state index contributed by atoms with van der Waals surface area (Å²) >= 11 is 0. The van der Waals surface area contributed by atoms with Crippen molar-refractivity contribution in [3.63, 3.8) is 0 Å². The summed E-state index contributed by atoms with van der Waals surface area (Å²) in [7, 11) is 0. The average molecular weight is 397 g/mol. The van der Waals surface area contributed by atoms with Crippen LogP contribution in [0.4, 0.5) is 0 Å². The van der Waals surface area contributed by atoms with E-state index in [1.54, 1.807) is 36.4 Å². The second-order valence-electron chi connectivity index (χ2n) is 6.77. The van der Waals surface area contributed by atoms with Gasteiger partial charge in [-0.05, 0) is 44.5 Å². The SMILES string of the molecule is CCCCOc1ccc(C(=O)NCC(=O)O[C@@H](C)C(=O)c2ccc(C)cc2)cc1. The third-order valence-electron chi connectivity index (χ3n) is 4.29. The molecule has 0 heterocycles. The Kier molecular flexibility index (Phi) is 8.40. The fourth-order valence-electron chi connectivity index (χ4n) is 2.54. The van der Waals surface area contributed by atoms with Crippen molar-refractivity contribution in [2.75, 3.05) is 13.2 Å². The first-order valence-corrected chi connectivity index (χ1v) is 9.72. The molecular weight excluding hydrogens is 370 g/mol. The van der Waals surface area contributed by atoms with Gasteiger partial charge >= 0.3 is 5.97 Å². The van der Waals surface area contributed by atoms with E-state index in [1.165, 1.54) is 6.92 Å². The second-order valence-corrected chi connectivity index (χ2v) is 6.77. The number of hydrogen-bond donors (Lipinski definition) is 1. The number of ether oxygens (including phenoxy) is 2. The van der Waals surface area contributed by atoms with Crippen molar-refractivity contribution in [2.45, 2.75) is 39.7 Å². The molecule has 0 bridgehead atoms. The summed E-state index contributed by atoms with van der Waals surface area (Å²) in [6.07, 6.45) is 1.09. The summed E-state index contributed by atoms with van der Waals surface area (Å²) in [6.45, 7) is 5.83. The van der Waals surface area contributed by atoms with Crippen molar-refractivity contribution < 1.29 is 23.9 Å². The number of amides is 1. The van der Waals surface area contributed by atoms with Crippen LogP contribution >= 0.6 is 0 Å². The van der Waals surface area contributed by atoms with Crippen LogP contribution in [0.3, 0.4) is 0 Å². The molecule has 6 heteroatoms. The first-order valence-electron chi connectivity index (χ1n) is 9.72. The summed E-state index contributed by atoms with van der Waals surface area (Å²) in [5.41, 5.74) is 1.92. The van der Waals surface area contributed by atoms with E-state index in [0.717, 1.165) is 18.4 Å². The van der Waals surface area contributed by atoms with Gasteiger partial charge in [0.2, 0.25) is 5.78 Å². The van der Waals surface area contributed by atoms with Crippen LogP contribution in [-0.4, -0.2) is 36.9 Å². The van der Waals surface area contributed by atoms with Crippen molar-refractivity contribution in [1.29, 1.82) is 0 Å². The molecule has 6 nitrogen and oxygen atoms in total. The molecule has 0 fully saturated rings. The lowest BCUT2D eigenvalue weighted by Gasteiger charge is -2.13. The Hall–Kier alpha value is -3.15. The number of unbranched alkanes of at least 4 members (excludes halogenated alkanes) is 1. The third-order valence-corrected chi connectivity index (χ3v) is 4.29. The fourth-order valence-corrected chi connectivity index (χ4v) is 2.54. The zero-order valence-electron chi connectivity index (χ0n) is 17.1. The van der Waals surface area contributed by atoms with E-state index >= 15 is 0 Å². The van der Waals surface area contributed by atoms with Crippen LogP contribution in [0.5, 0.6) is 5.75 Å². The van der Waals surface area contributed by atoms with Gasteiger partial charge < -0.3 is 14.8 Å². The Morgan fingerprint density at radius 3 is 2.21 bits per heavy atom. The predicted octanol–water partition coefficient (Wildman–Crippen LogP) is 3.72. The maximum absolute atomic E-state index is 12.3. The summed E-state index contributed by atoms with van der Waals surface area (Å²) in [5.74, 6) is -0.674. The molecule has 1 amide bonds. The van der Waals surface area contributed by atoms with Gasteiger partial charge in [-0.1, -0.05) is 43.2 Å². The molecule has 1 N–H and O–H groups in total. The van der Waals surface area contributed by atoms with Crippen molar-refractivity contribution in [3.05, 3.63) is 65.2 Å². The molecule has 0 unspecified atom stereocenters. The Bertz CT molecular complexity index is 827. The van der Waals surface area contributed by atoms with Gasteiger partial charge in [-0.15, -0.1) is 0 Å². The Labute approximate surface area is 171 Å². The smallest absolute Gasteiger partial charge is 0.326 e. The minimum absolute atomic E-state index is 0.289. The van der Waals surface area contributed by atoms with Crippen LogP contribution in [0.2, 0.25) is 0 Å². The lowest BCUT2D eigenvalue weighted by molar-refractivity contribution is -0.145. The van der Waals surface area contributed by atoms with E-state index in [2.05, 4.69) is 12.2 Å². The highest BCUT2D eigenvalue weighted by Crippen LogP contribution is 2.13. The molecule has 0 aromatic heterocycles. The number of carbonyl (C=O) groups excluding carboxylic acids is 3. The van der Waals surface area contributed by atoms with Gasteiger partial charge in [0.1, 0.15) is 12.3 Å². The Balaban J connectivity index is 1.79. The molecule has 0 spiro atoms. The van der Waals surface area contributed by atoms with E-state index < -0.39 is 18.0 Å². The molecule has 2 rings (SSSR count). The molecule has 0 saturated carbocycles. The highest BCUT2D eigenvalue weighted by Gasteiger charge is 2.20. The monoisotopic (exact) mass is 397 g/mol. The number of carbonyl (C=O) groups is 3. The number of Topliss-reactive ketones (excluding diaryl/α,β-unsaturated/α-hetero) is 1. The highest BCUT2D eigenvalue weighted by atomic mass is 16.5. The molecule has 154 valence electrons. The Morgan fingerprint density at radius 2 is 1.59 bits per heavy atom. The van der Waals surface area contributed by atoms with Crippen LogP contribution < -0.4 is 10.1 Å². The Morgan fingerprint density at radius 1 is 0.966 bits per heavy atom. The first-order chi connectivity index (χ1) is 13.9. The van der Waals surface area contributed by atoms with E-state index in [9.17, 15) is 14.4 Å². The summed E-state index contributed by atoms with van der Waals surface area (Å²) in [4.78, 5) is 36.4. The number of benzene rings is 2. The predicted molar refractivity (Wildman–Crippen MR) is 110 cm³/mol. The van der Waals surface area contributed by atoms with Gasteiger partial charge in [-0.25, -0.2) is 0 Å². The van der Waals surface area contributed by atoms with Gasteiger partial charge in [-0.3, -0.25) is 14.4 Å². The molecule has 2 aromatic carbocycles. The number of rotatable bonds is 10. The lowest BCUT2D eigenvalue weighted by Crippen LogP contribution is -2.34. The van der Waals surface area contributed by atoms with Crippen LogP contribution in [0.15, 0.2) is 48.5 Å². The van der Waals surface area contributed by atoms with Crippen molar-refractivity contribution >= 4 is 17.7 Å². The minimum Gasteiger partial charge on any atom is -0.494 e. The van der Waals surface area contributed by atoms with Gasteiger partial charge in [0.15, 0.2) is 6.10 Å². The molecule has 1 atom stereocenters. The quantitative estimate of drug-likeness (QED) is 0.375. The highest BCUT2D eigenvalue weighted by molar-refractivity contribution is 6.00. The van der Waals surface area contributed by atoms with Crippen molar-refractivity contribution in [2.24, 2.45) is 0 Å². The third kappa shape index (κ3) is 7.07.